The van der Waals surface area contributed by atoms with Crippen molar-refractivity contribution >= 4 is 17.3 Å². The van der Waals surface area contributed by atoms with Crippen LogP contribution >= 0.6 is 0 Å². The van der Waals surface area contributed by atoms with Gasteiger partial charge < -0.3 is 5.11 Å². The third-order valence-corrected chi connectivity index (χ3v) is 4.38. The largest absolute Gasteiger partial charge is 0.389 e. The minimum atomic E-state index is -1.55. The second-order valence-electron chi connectivity index (χ2n) is 6.26. The summed E-state index contributed by atoms with van der Waals surface area (Å²) in [5, 5.41) is 10.5. The van der Waals surface area contributed by atoms with E-state index < -0.39 is 35.0 Å². The summed E-state index contributed by atoms with van der Waals surface area (Å²) in [6.07, 6.45) is -0.257. The van der Waals surface area contributed by atoms with Crippen molar-refractivity contribution in [1.29, 1.82) is 0 Å². The smallest absolute Gasteiger partial charge is 0.146 e. The number of hydrogen-bond donors (Lipinski definition) is 1. The molecule has 0 aromatic heterocycles. The van der Waals surface area contributed by atoms with Gasteiger partial charge in [-0.1, -0.05) is 12.1 Å². The molecule has 1 fully saturated rings. The number of carbonyl (C=O) groups excluding carboxylic acids is 3. The molecule has 118 valence electrons. The molecule has 0 saturated heterocycles. The molecule has 0 spiro atoms. The third kappa shape index (κ3) is 2.86. The van der Waals surface area contributed by atoms with Crippen LogP contribution in [0.15, 0.2) is 24.3 Å². The lowest BCUT2D eigenvalue weighted by atomic mass is 9.60. The summed E-state index contributed by atoms with van der Waals surface area (Å²) in [6.45, 7) is 4.02. The van der Waals surface area contributed by atoms with Crippen molar-refractivity contribution in [2.45, 2.75) is 38.7 Å². The second-order valence-corrected chi connectivity index (χ2v) is 6.26. The number of ketones is 3. The lowest BCUT2D eigenvalue weighted by molar-refractivity contribution is -0.151. The SMILES string of the molecule is CC(=O)[C@H]1C(=O)C[C@](C)(O)[C@@H](C(C)=O)[C@@H]1c1cccc(F)c1. The quantitative estimate of drug-likeness (QED) is 0.868. The zero-order valence-electron chi connectivity index (χ0n) is 12.8. The number of aliphatic hydroxyl groups is 1. The maximum absolute atomic E-state index is 13.6. The Bertz CT molecular complexity index is 635. The molecule has 1 aromatic rings. The Kier molecular flexibility index (Phi) is 4.29. The van der Waals surface area contributed by atoms with Gasteiger partial charge in [0, 0.05) is 12.3 Å². The van der Waals surface area contributed by atoms with E-state index in [4.69, 9.17) is 0 Å². The Morgan fingerprint density at radius 1 is 1.27 bits per heavy atom. The highest BCUT2D eigenvalue weighted by Gasteiger charge is 2.53. The molecule has 0 heterocycles. The van der Waals surface area contributed by atoms with Crippen LogP contribution in [0.25, 0.3) is 0 Å². The Balaban J connectivity index is 2.64. The Morgan fingerprint density at radius 2 is 1.91 bits per heavy atom. The van der Waals surface area contributed by atoms with E-state index in [0.717, 1.165) is 0 Å². The topological polar surface area (TPSA) is 71.4 Å². The second kappa shape index (κ2) is 5.72. The molecule has 4 nitrogen and oxygen atoms in total. The highest BCUT2D eigenvalue weighted by atomic mass is 19.1. The van der Waals surface area contributed by atoms with Crippen LogP contribution in [0.3, 0.4) is 0 Å². The fourth-order valence-corrected chi connectivity index (χ4v) is 3.62. The van der Waals surface area contributed by atoms with Crippen molar-refractivity contribution in [2.24, 2.45) is 11.8 Å². The molecule has 1 N–H and O–H groups in total. The average molecular weight is 306 g/mol. The molecule has 5 heteroatoms. The predicted octanol–water partition coefficient (Wildman–Crippen LogP) is 2.04. The van der Waals surface area contributed by atoms with E-state index in [1.54, 1.807) is 6.07 Å². The van der Waals surface area contributed by atoms with Gasteiger partial charge in [-0.25, -0.2) is 4.39 Å². The molecule has 1 aliphatic rings. The van der Waals surface area contributed by atoms with Gasteiger partial charge >= 0.3 is 0 Å². The molecule has 0 amide bonds. The lowest BCUT2D eigenvalue weighted by Gasteiger charge is -2.44. The molecular formula is C17H19FO4. The monoisotopic (exact) mass is 306 g/mol. The zero-order chi connectivity index (χ0) is 16.7. The van der Waals surface area contributed by atoms with Crippen molar-refractivity contribution in [3.63, 3.8) is 0 Å². The van der Waals surface area contributed by atoms with Gasteiger partial charge in [0.2, 0.25) is 0 Å². The van der Waals surface area contributed by atoms with Crippen molar-refractivity contribution in [1.82, 2.24) is 0 Å². The van der Waals surface area contributed by atoms with Crippen LogP contribution in [0.5, 0.6) is 0 Å². The summed E-state index contributed by atoms with van der Waals surface area (Å²) in [6, 6.07) is 5.50. The minimum absolute atomic E-state index is 0.257. The first-order valence-corrected chi connectivity index (χ1v) is 7.16. The lowest BCUT2D eigenvalue weighted by Crippen LogP contribution is -2.53. The maximum Gasteiger partial charge on any atom is 0.146 e. The van der Waals surface area contributed by atoms with Gasteiger partial charge in [0.15, 0.2) is 0 Å². The first kappa shape index (κ1) is 16.5. The number of carbonyl (C=O) groups is 3. The van der Waals surface area contributed by atoms with Crippen LogP contribution < -0.4 is 0 Å². The highest BCUT2D eigenvalue weighted by molar-refractivity contribution is 6.05. The fraction of sp³-hybridized carbons (Fsp3) is 0.471. The molecule has 0 aliphatic heterocycles. The Morgan fingerprint density at radius 3 is 2.41 bits per heavy atom. The number of Topliss-reactive ketones (excluding diaryl/α,β-unsaturated/α-hetero) is 3. The normalized spacial score (nSPS) is 31.9. The molecule has 4 atom stereocenters. The maximum atomic E-state index is 13.6. The molecule has 22 heavy (non-hydrogen) atoms. The molecule has 1 aromatic carbocycles. The van der Waals surface area contributed by atoms with Crippen LogP contribution in [0.4, 0.5) is 4.39 Å². The van der Waals surface area contributed by atoms with Gasteiger partial charge in [-0.05, 0) is 38.5 Å². The summed E-state index contributed by atoms with van der Waals surface area (Å²) in [4.78, 5) is 36.3. The summed E-state index contributed by atoms with van der Waals surface area (Å²) in [7, 11) is 0. The van der Waals surface area contributed by atoms with Gasteiger partial charge in [-0.15, -0.1) is 0 Å². The summed E-state index contributed by atoms with van der Waals surface area (Å²) >= 11 is 0. The molecule has 0 radical (unpaired) electrons. The van der Waals surface area contributed by atoms with Gasteiger partial charge in [-0.3, -0.25) is 14.4 Å². The number of rotatable bonds is 3. The van der Waals surface area contributed by atoms with Gasteiger partial charge in [0.05, 0.1) is 17.4 Å². The molecule has 1 saturated carbocycles. The van der Waals surface area contributed by atoms with Crippen LogP contribution in [0, 0.1) is 17.7 Å². The van der Waals surface area contributed by atoms with E-state index in [1.807, 2.05) is 0 Å². The van der Waals surface area contributed by atoms with Gasteiger partial charge in [0.25, 0.3) is 0 Å². The Hall–Kier alpha value is -1.88. The van der Waals surface area contributed by atoms with Crippen molar-refractivity contribution in [2.75, 3.05) is 0 Å². The number of halogens is 1. The van der Waals surface area contributed by atoms with Crippen LogP contribution in [0.1, 0.15) is 38.7 Å². The van der Waals surface area contributed by atoms with Crippen molar-refractivity contribution < 1.29 is 23.9 Å². The first-order chi connectivity index (χ1) is 10.1. The highest BCUT2D eigenvalue weighted by Crippen LogP contribution is 2.46. The van der Waals surface area contributed by atoms with E-state index in [9.17, 15) is 23.9 Å². The van der Waals surface area contributed by atoms with E-state index in [-0.39, 0.29) is 18.0 Å². The summed E-state index contributed by atoms with van der Waals surface area (Å²) in [5.74, 6) is -4.43. The molecule has 1 aliphatic carbocycles. The summed E-state index contributed by atoms with van der Waals surface area (Å²) < 4.78 is 13.6. The molecular weight excluding hydrogens is 287 g/mol. The van der Waals surface area contributed by atoms with E-state index >= 15 is 0 Å². The molecule has 0 unspecified atom stereocenters. The van der Waals surface area contributed by atoms with Crippen molar-refractivity contribution in [3.8, 4) is 0 Å². The third-order valence-electron chi connectivity index (χ3n) is 4.38. The van der Waals surface area contributed by atoms with Crippen LogP contribution in [-0.4, -0.2) is 28.1 Å². The number of hydrogen-bond acceptors (Lipinski definition) is 4. The average Bonchev–Trinajstić information content (AvgIpc) is 2.35. The predicted molar refractivity (Wildman–Crippen MR) is 77.7 cm³/mol. The minimum Gasteiger partial charge on any atom is -0.389 e. The fourth-order valence-electron chi connectivity index (χ4n) is 3.62. The van der Waals surface area contributed by atoms with E-state index in [1.165, 1.54) is 39.0 Å². The van der Waals surface area contributed by atoms with Crippen molar-refractivity contribution in [3.05, 3.63) is 35.6 Å². The zero-order valence-corrected chi connectivity index (χ0v) is 12.8. The summed E-state index contributed by atoms with van der Waals surface area (Å²) in [5.41, 5.74) is -1.17. The standard InChI is InChI=1S/C17H19FO4/c1-9(19)14-13(21)8-17(3,22)16(10(2)20)15(14)11-5-4-6-12(18)7-11/h4-7,14-16,22H,8H2,1-3H3/t14-,15+,16-,17-/m0/s1. The van der Waals surface area contributed by atoms with Crippen LogP contribution in [0.2, 0.25) is 0 Å². The van der Waals surface area contributed by atoms with Crippen LogP contribution in [-0.2, 0) is 14.4 Å². The number of benzene rings is 1. The van der Waals surface area contributed by atoms with E-state index in [0.29, 0.717) is 5.56 Å². The van der Waals surface area contributed by atoms with Gasteiger partial charge in [-0.2, -0.15) is 0 Å². The van der Waals surface area contributed by atoms with Gasteiger partial charge in [0.1, 0.15) is 23.2 Å². The molecule has 0 bridgehead atoms. The Labute approximate surface area is 128 Å². The first-order valence-electron chi connectivity index (χ1n) is 7.16. The molecule has 2 rings (SSSR count). The van der Waals surface area contributed by atoms with E-state index in [2.05, 4.69) is 0 Å².